The highest BCUT2D eigenvalue weighted by atomic mass is 79.9. The Kier molecular flexibility index (Phi) is 5.58. The van der Waals surface area contributed by atoms with Crippen LogP contribution in [0.1, 0.15) is 11.1 Å². The van der Waals surface area contributed by atoms with Crippen molar-refractivity contribution >= 4 is 55.1 Å². The summed E-state index contributed by atoms with van der Waals surface area (Å²) in [5.74, 6) is 1.25. The van der Waals surface area contributed by atoms with Crippen LogP contribution in [0.3, 0.4) is 0 Å². The Hall–Kier alpha value is -0.220. The molecule has 2 rings (SSSR count). The predicted octanol–water partition coefficient (Wildman–Crippen LogP) is 6.18. The molecule has 0 N–H and O–H groups in total. The van der Waals surface area contributed by atoms with Gasteiger partial charge in [-0.3, -0.25) is 0 Å². The second-order valence-corrected chi connectivity index (χ2v) is 6.37. The summed E-state index contributed by atoms with van der Waals surface area (Å²) in [6, 6.07) is 11.5. The Balaban J connectivity index is 2.10. The van der Waals surface area contributed by atoms with E-state index in [9.17, 15) is 0 Å². The maximum Gasteiger partial charge on any atom is 0.134 e. The summed E-state index contributed by atoms with van der Waals surface area (Å²) in [5.41, 5.74) is 1.99. The van der Waals surface area contributed by atoms with E-state index in [1.165, 1.54) is 0 Å². The molecule has 0 aromatic heterocycles. The van der Waals surface area contributed by atoms with E-state index in [-0.39, 0.29) is 0 Å². The first-order chi connectivity index (χ1) is 9.10. The molecule has 0 amide bonds. The van der Waals surface area contributed by atoms with Gasteiger partial charge in [0.05, 0.1) is 4.47 Å². The summed E-state index contributed by atoms with van der Waals surface area (Å²) in [6.45, 7) is 0.422. The van der Waals surface area contributed by atoms with E-state index in [1.54, 1.807) is 0 Å². The van der Waals surface area contributed by atoms with Crippen LogP contribution < -0.4 is 4.74 Å². The molecule has 0 aliphatic carbocycles. The van der Waals surface area contributed by atoms with Crippen molar-refractivity contribution in [3.05, 3.63) is 61.5 Å². The van der Waals surface area contributed by atoms with E-state index >= 15 is 0 Å². The van der Waals surface area contributed by atoms with Crippen LogP contribution in [0.5, 0.6) is 5.75 Å². The van der Waals surface area contributed by atoms with Gasteiger partial charge in [-0.05, 0) is 45.8 Å². The molecule has 2 aromatic carbocycles. The van der Waals surface area contributed by atoms with Crippen molar-refractivity contribution in [2.45, 2.75) is 12.5 Å². The van der Waals surface area contributed by atoms with E-state index in [0.29, 0.717) is 17.5 Å². The van der Waals surface area contributed by atoms with Crippen LogP contribution in [0.4, 0.5) is 0 Å². The Morgan fingerprint density at radius 2 is 1.84 bits per heavy atom. The van der Waals surface area contributed by atoms with Gasteiger partial charge in [0.25, 0.3) is 0 Å². The Labute approximate surface area is 139 Å². The van der Waals surface area contributed by atoms with Crippen molar-refractivity contribution in [1.82, 2.24) is 0 Å². The van der Waals surface area contributed by atoms with Gasteiger partial charge < -0.3 is 4.74 Å². The zero-order valence-electron chi connectivity index (χ0n) is 9.80. The van der Waals surface area contributed by atoms with Gasteiger partial charge in [-0.15, -0.1) is 11.6 Å². The molecule has 0 spiro atoms. The standard InChI is InChI=1S/C14H10Br2Cl2O/c15-11-3-2-10(13(18)6-11)8-19-14-4-1-9(7-17)5-12(14)16/h1-6H,7-8H2. The average Bonchev–Trinajstić information content (AvgIpc) is 2.39. The monoisotopic (exact) mass is 422 g/mol. The zero-order chi connectivity index (χ0) is 13.8. The SMILES string of the molecule is ClCc1ccc(OCc2ccc(Br)cc2Cl)c(Br)c1. The van der Waals surface area contributed by atoms with Gasteiger partial charge in [-0.1, -0.05) is 39.7 Å². The summed E-state index contributed by atoms with van der Waals surface area (Å²) in [5, 5.41) is 0.683. The quantitative estimate of drug-likeness (QED) is 0.532. The molecule has 0 bridgehead atoms. The van der Waals surface area contributed by atoms with Gasteiger partial charge in [0.2, 0.25) is 0 Å². The van der Waals surface area contributed by atoms with Crippen LogP contribution in [0.25, 0.3) is 0 Å². The van der Waals surface area contributed by atoms with Crippen molar-refractivity contribution < 1.29 is 4.74 Å². The molecule has 0 unspecified atom stereocenters. The smallest absolute Gasteiger partial charge is 0.134 e. The van der Waals surface area contributed by atoms with E-state index < -0.39 is 0 Å². The first kappa shape index (κ1) is 15.2. The molecule has 2 aromatic rings. The zero-order valence-corrected chi connectivity index (χ0v) is 14.5. The van der Waals surface area contributed by atoms with Crippen LogP contribution in [0, 0.1) is 0 Å². The molecule has 1 nitrogen and oxygen atoms in total. The number of rotatable bonds is 4. The fraction of sp³-hybridized carbons (Fsp3) is 0.143. The van der Waals surface area contributed by atoms with Gasteiger partial charge in [-0.25, -0.2) is 0 Å². The molecule has 0 atom stereocenters. The molecule has 0 aliphatic heterocycles. The third-order valence-electron chi connectivity index (χ3n) is 2.55. The van der Waals surface area contributed by atoms with Crippen LogP contribution in [-0.4, -0.2) is 0 Å². The lowest BCUT2D eigenvalue weighted by atomic mass is 10.2. The van der Waals surface area contributed by atoms with Crippen LogP contribution >= 0.6 is 55.1 Å². The maximum absolute atomic E-state index is 6.14. The first-order valence-electron chi connectivity index (χ1n) is 5.51. The fourth-order valence-corrected chi connectivity index (χ4v) is 2.97. The van der Waals surface area contributed by atoms with Gasteiger partial charge in [0.15, 0.2) is 0 Å². The summed E-state index contributed by atoms with van der Waals surface area (Å²) in [4.78, 5) is 0. The van der Waals surface area contributed by atoms with Crippen molar-refractivity contribution in [2.24, 2.45) is 0 Å². The number of benzene rings is 2. The molecule has 0 aliphatic rings. The van der Waals surface area contributed by atoms with Gasteiger partial charge in [-0.2, -0.15) is 0 Å². The summed E-state index contributed by atoms with van der Waals surface area (Å²) in [7, 11) is 0. The molecular formula is C14H10Br2Cl2O. The van der Waals surface area contributed by atoms with Crippen molar-refractivity contribution in [1.29, 1.82) is 0 Å². The summed E-state index contributed by atoms with van der Waals surface area (Å²) in [6.07, 6.45) is 0. The second kappa shape index (κ2) is 6.98. The first-order valence-corrected chi connectivity index (χ1v) is 8.01. The predicted molar refractivity (Wildman–Crippen MR) is 87.2 cm³/mol. The van der Waals surface area contributed by atoms with E-state index in [1.807, 2.05) is 36.4 Å². The Morgan fingerprint density at radius 1 is 1.05 bits per heavy atom. The topological polar surface area (TPSA) is 9.23 Å². The van der Waals surface area contributed by atoms with E-state index in [2.05, 4.69) is 31.9 Å². The lowest BCUT2D eigenvalue weighted by Crippen LogP contribution is -1.97. The maximum atomic E-state index is 6.14. The van der Waals surface area contributed by atoms with Crippen molar-refractivity contribution in [3.63, 3.8) is 0 Å². The summed E-state index contributed by atoms with van der Waals surface area (Å²) >= 11 is 18.8. The highest BCUT2D eigenvalue weighted by Gasteiger charge is 2.05. The lowest BCUT2D eigenvalue weighted by molar-refractivity contribution is 0.304. The number of hydrogen-bond donors (Lipinski definition) is 0. The van der Waals surface area contributed by atoms with E-state index in [4.69, 9.17) is 27.9 Å². The third-order valence-corrected chi connectivity index (χ3v) is 4.32. The molecular weight excluding hydrogens is 415 g/mol. The molecule has 0 heterocycles. The highest BCUT2D eigenvalue weighted by molar-refractivity contribution is 9.10. The third kappa shape index (κ3) is 4.12. The minimum atomic E-state index is 0.422. The average molecular weight is 425 g/mol. The van der Waals surface area contributed by atoms with E-state index in [0.717, 1.165) is 25.8 Å². The van der Waals surface area contributed by atoms with Crippen LogP contribution in [-0.2, 0) is 12.5 Å². The minimum Gasteiger partial charge on any atom is -0.488 e. The van der Waals surface area contributed by atoms with Crippen molar-refractivity contribution in [2.75, 3.05) is 0 Å². The van der Waals surface area contributed by atoms with Crippen LogP contribution in [0.15, 0.2) is 45.3 Å². The molecule has 0 saturated heterocycles. The van der Waals surface area contributed by atoms with Gasteiger partial charge in [0.1, 0.15) is 12.4 Å². The molecule has 100 valence electrons. The minimum absolute atomic E-state index is 0.422. The highest BCUT2D eigenvalue weighted by Crippen LogP contribution is 2.29. The van der Waals surface area contributed by atoms with Crippen LogP contribution in [0.2, 0.25) is 5.02 Å². The molecule has 0 radical (unpaired) electrons. The Morgan fingerprint density at radius 3 is 2.47 bits per heavy atom. The second-order valence-electron chi connectivity index (χ2n) is 3.92. The van der Waals surface area contributed by atoms with Gasteiger partial charge in [0, 0.05) is 20.9 Å². The molecule has 19 heavy (non-hydrogen) atoms. The number of ether oxygens (including phenoxy) is 1. The number of halogens is 4. The van der Waals surface area contributed by atoms with Crippen molar-refractivity contribution in [3.8, 4) is 5.75 Å². The lowest BCUT2D eigenvalue weighted by Gasteiger charge is -2.10. The largest absolute Gasteiger partial charge is 0.488 e. The molecule has 0 fully saturated rings. The summed E-state index contributed by atoms with van der Waals surface area (Å²) < 4.78 is 7.59. The normalized spacial score (nSPS) is 10.5. The number of alkyl halides is 1. The fourth-order valence-electron chi connectivity index (χ4n) is 1.54. The Bertz CT molecular complexity index is 588. The number of hydrogen-bond acceptors (Lipinski definition) is 1. The van der Waals surface area contributed by atoms with Gasteiger partial charge >= 0.3 is 0 Å². The molecule has 0 saturated carbocycles. The molecule has 5 heteroatoms.